The zero-order valence-electron chi connectivity index (χ0n) is 15.3. The number of aromatic nitrogens is 4. The summed E-state index contributed by atoms with van der Waals surface area (Å²) in [6.45, 7) is 0. The number of halogens is 2. The minimum Gasteiger partial charge on any atom is -0.346 e. The Kier molecular flexibility index (Phi) is 4.19. The van der Waals surface area contributed by atoms with Crippen molar-refractivity contribution >= 4 is 11.0 Å². The van der Waals surface area contributed by atoms with Gasteiger partial charge in [-0.1, -0.05) is 19.3 Å². The predicted molar refractivity (Wildman–Crippen MR) is 105 cm³/mol. The van der Waals surface area contributed by atoms with Gasteiger partial charge in [0.1, 0.15) is 11.5 Å². The number of nitrogens with zero attached hydrogens (tertiary/aromatic N) is 3. The van der Waals surface area contributed by atoms with Gasteiger partial charge in [0.25, 0.3) is 0 Å². The average molecular weight is 378 g/mol. The van der Waals surface area contributed by atoms with Gasteiger partial charge in [-0.2, -0.15) is 0 Å². The molecule has 28 heavy (non-hydrogen) atoms. The van der Waals surface area contributed by atoms with Gasteiger partial charge in [-0.25, -0.2) is 18.7 Å². The average Bonchev–Trinajstić information content (AvgIpc) is 3.36. The number of rotatable bonds is 3. The molecule has 1 aromatic carbocycles. The number of aromatic amines is 1. The van der Waals surface area contributed by atoms with E-state index in [-0.39, 0.29) is 17.7 Å². The molecule has 0 saturated heterocycles. The lowest BCUT2D eigenvalue weighted by molar-refractivity contribution is 0.355. The number of H-pyrrole nitrogens is 1. The number of hydrogen-bond acceptors (Lipinski definition) is 2. The third kappa shape index (κ3) is 2.80. The lowest BCUT2D eigenvalue weighted by Crippen LogP contribution is -2.13. The van der Waals surface area contributed by atoms with E-state index in [1.165, 1.54) is 24.8 Å². The van der Waals surface area contributed by atoms with Crippen LogP contribution >= 0.6 is 0 Å². The second-order valence-corrected chi connectivity index (χ2v) is 7.37. The number of hydrogen-bond donors (Lipinski definition) is 1. The lowest BCUT2D eigenvalue weighted by atomic mass is 9.94. The quantitative estimate of drug-likeness (QED) is 0.484. The van der Waals surface area contributed by atoms with Crippen LogP contribution in [0.5, 0.6) is 0 Å². The molecule has 0 bridgehead atoms. The highest BCUT2D eigenvalue weighted by Crippen LogP contribution is 2.40. The van der Waals surface area contributed by atoms with E-state index in [1.807, 2.05) is 12.4 Å². The maximum Gasteiger partial charge on any atom is 0.151 e. The topological polar surface area (TPSA) is 46.5 Å². The molecule has 4 nitrogen and oxygen atoms in total. The Labute approximate surface area is 161 Å². The molecule has 0 atom stereocenters. The van der Waals surface area contributed by atoms with Gasteiger partial charge < -0.3 is 9.55 Å². The standard InChI is InChI=1S/C22H20F2N4/c23-15-8-6-14(7-9-15)20-21(28(13-27-20)16-4-2-1-3-5-16)19-17-10-11-25-22(17)26-12-18(19)24/h6-13,16H,1-5H2,(H,25,26). The summed E-state index contributed by atoms with van der Waals surface area (Å²) in [6.07, 6.45) is 10.5. The minimum atomic E-state index is -0.381. The fourth-order valence-corrected chi connectivity index (χ4v) is 4.29. The molecule has 5 rings (SSSR count). The summed E-state index contributed by atoms with van der Waals surface area (Å²) in [5.74, 6) is -0.687. The number of pyridine rings is 1. The van der Waals surface area contributed by atoms with Crippen LogP contribution in [-0.2, 0) is 0 Å². The molecule has 1 saturated carbocycles. The molecule has 4 aromatic rings. The van der Waals surface area contributed by atoms with Crippen molar-refractivity contribution in [3.63, 3.8) is 0 Å². The normalized spacial score (nSPS) is 15.4. The first-order valence-electron chi connectivity index (χ1n) is 9.67. The van der Waals surface area contributed by atoms with Crippen LogP contribution in [0.3, 0.4) is 0 Å². The van der Waals surface area contributed by atoms with Gasteiger partial charge >= 0.3 is 0 Å². The lowest BCUT2D eigenvalue weighted by Gasteiger charge is -2.25. The highest BCUT2D eigenvalue weighted by Gasteiger charge is 2.26. The maximum absolute atomic E-state index is 15.1. The summed E-state index contributed by atoms with van der Waals surface area (Å²) in [4.78, 5) is 11.9. The van der Waals surface area contributed by atoms with Crippen LogP contribution in [0.2, 0.25) is 0 Å². The minimum absolute atomic E-state index is 0.284. The molecule has 0 spiro atoms. The zero-order chi connectivity index (χ0) is 19.1. The smallest absolute Gasteiger partial charge is 0.151 e. The summed E-state index contributed by atoms with van der Waals surface area (Å²) in [5, 5.41) is 0.723. The first-order valence-corrected chi connectivity index (χ1v) is 9.67. The zero-order valence-corrected chi connectivity index (χ0v) is 15.3. The van der Waals surface area contributed by atoms with Crippen LogP contribution in [0.25, 0.3) is 33.5 Å². The van der Waals surface area contributed by atoms with Crippen molar-refractivity contribution in [1.82, 2.24) is 19.5 Å². The predicted octanol–water partition coefficient (Wildman–Crippen LogP) is 5.88. The first kappa shape index (κ1) is 17.1. The van der Waals surface area contributed by atoms with Gasteiger partial charge in [-0.15, -0.1) is 0 Å². The van der Waals surface area contributed by atoms with E-state index < -0.39 is 0 Å². The Hall–Kier alpha value is -3.02. The van der Waals surface area contributed by atoms with Crippen LogP contribution in [0.1, 0.15) is 38.1 Å². The largest absolute Gasteiger partial charge is 0.346 e. The van der Waals surface area contributed by atoms with Crippen molar-refractivity contribution in [3.05, 3.63) is 60.7 Å². The Morgan fingerprint density at radius 3 is 2.54 bits per heavy atom. The molecule has 1 aliphatic carbocycles. The Bertz CT molecular complexity index is 1120. The molecule has 1 fully saturated rings. The second kappa shape index (κ2) is 6.86. The second-order valence-electron chi connectivity index (χ2n) is 7.37. The van der Waals surface area contributed by atoms with E-state index in [0.29, 0.717) is 16.9 Å². The van der Waals surface area contributed by atoms with Crippen molar-refractivity contribution < 1.29 is 8.78 Å². The molecule has 0 unspecified atom stereocenters. The highest BCUT2D eigenvalue weighted by molar-refractivity contribution is 5.96. The molecule has 1 N–H and O–H groups in total. The number of benzene rings is 1. The maximum atomic E-state index is 15.1. The van der Waals surface area contributed by atoms with Crippen molar-refractivity contribution in [2.75, 3.05) is 0 Å². The van der Waals surface area contributed by atoms with E-state index in [0.717, 1.165) is 42.3 Å². The van der Waals surface area contributed by atoms with Crippen molar-refractivity contribution in [2.45, 2.75) is 38.1 Å². The summed E-state index contributed by atoms with van der Waals surface area (Å²) in [7, 11) is 0. The number of fused-ring (bicyclic) bond motifs is 1. The molecule has 6 heteroatoms. The van der Waals surface area contributed by atoms with Gasteiger partial charge in [0.15, 0.2) is 5.82 Å². The van der Waals surface area contributed by atoms with E-state index in [4.69, 9.17) is 0 Å². The van der Waals surface area contributed by atoms with E-state index in [1.54, 1.807) is 18.3 Å². The van der Waals surface area contributed by atoms with Crippen LogP contribution in [0.15, 0.2) is 49.1 Å². The highest BCUT2D eigenvalue weighted by atomic mass is 19.1. The van der Waals surface area contributed by atoms with Gasteiger partial charge in [0.2, 0.25) is 0 Å². The molecule has 0 amide bonds. The fraction of sp³-hybridized carbons (Fsp3) is 0.273. The van der Waals surface area contributed by atoms with E-state index in [9.17, 15) is 4.39 Å². The Morgan fingerprint density at radius 2 is 1.75 bits per heavy atom. The molecule has 142 valence electrons. The van der Waals surface area contributed by atoms with Crippen molar-refractivity contribution in [3.8, 4) is 22.5 Å². The molecule has 0 aliphatic heterocycles. The Balaban J connectivity index is 1.78. The third-order valence-corrected chi connectivity index (χ3v) is 5.66. The monoisotopic (exact) mass is 378 g/mol. The number of imidazole rings is 1. The van der Waals surface area contributed by atoms with Crippen molar-refractivity contribution in [2.24, 2.45) is 0 Å². The fourth-order valence-electron chi connectivity index (χ4n) is 4.29. The molecular weight excluding hydrogens is 358 g/mol. The van der Waals surface area contributed by atoms with Crippen LogP contribution in [0.4, 0.5) is 8.78 Å². The summed E-state index contributed by atoms with van der Waals surface area (Å²) in [6, 6.07) is 8.33. The SMILES string of the molecule is Fc1ccc(-c2ncn(C3CCCCC3)c2-c2c(F)cnc3[nH]ccc23)cc1. The van der Waals surface area contributed by atoms with E-state index >= 15 is 4.39 Å². The summed E-state index contributed by atoms with van der Waals surface area (Å²) < 4.78 is 30.7. The summed E-state index contributed by atoms with van der Waals surface area (Å²) in [5.41, 5.74) is 3.30. The number of nitrogens with one attached hydrogen (secondary N) is 1. The molecule has 1 aliphatic rings. The van der Waals surface area contributed by atoms with Gasteiger partial charge in [0.05, 0.1) is 23.9 Å². The molecule has 0 radical (unpaired) electrons. The van der Waals surface area contributed by atoms with Gasteiger partial charge in [0, 0.05) is 28.8 Å². The third-order valence-electron chi connectivity index (χ3n) is 5.66. The van der Waals surface area contributed by atoms with Gasteiger partial charge in [-0.3, -0.25) is 0 Å². The van der Waals surface area contributed by atoms with Gasteiger partial charge in [-0.05, 0) is 43.2 Å². The van der Waals surface area contributed by atoms with Crippen LogP contribution in [-0.4, -0.2) is 19.5 Å². The van der Waals surface area contributed by atoms with E-state index in [2.05, 4.69) is 19.5 Å². The van der Waals surface area contributed by atoms with Crippen molar-refractivity contribution in [1.29, 1.82) is 0 Å². The molecular formula is C22H20F2N4. The Morgan fingerprint density at radius 1 is 0.964 bits per heavy atom. The molecule has 3 aromatic heterocycles. The first-order chi connectivity index (χ1) is 13.7. The molecule has 3 heterocycles. The van der Waals surface area contributed by atoms with Crippen LogP contribution in [0, 0.1) is 11.6 Å². The summed E-state index contributed by atoms with van der Waals surface area (Å²) >= 11 is 0. The van der Waals surface area contributed by atoms with Crippen LogP contribution < -0.4 is 0 Å².